The number of ether oxygens (including phenoxy) is 1. The van der Waals surface area contributed by atoms with Gasteiger partial charge in [0.1, 0.15) is 5.75 Å². The van der Waals surface area contributed by atoms with Crippen LogP contribution in [0.25, 0.3) is 16.8 Å². The van der Waals surface area contributed by atoms with Gasteiger partial charge in [-0.3, -0.25) is 14.6 Å². The molecule has 0 saturated carbocycles. The predicted octanol–water partition coefficient (Wildman–Crippen LogP) is 5.07. The van der Waals surface area contributed by atoms with Crippen LogP contribution in [0.1, 0.15) is 75.5 Å². The maximum absolute atomic E-state index is 12.8. The summed E-state index contributed by atoms with van der Waals surface area (Å²) < 4.78 is 7.85. The van der Waals surface area contributed by atoms with E-state index < -0.39 is 0 Å². The van der Waals surface area contributed by atoms with Gasteiger partial charge in [0.05, 0.1) is 18.4 Å². The molecule has 2 N–H and O–H groups in total. The molecule has 0 saturated heterocycles. The van der Waals surface area contributed by atoms with Crippen LogP contribution in [0.15, 0.2) is 45.3 Å². The molecule has 7 nitrogen and oxygen atoms in total. The van der Waals surface area contributed by atoms with E-state index in [2.05, 4.69) is 41.4 Å². The number of guanidine groups is 1. The second-order valence-corrected chi connectivity index (χ2v) is 9.94. The Morgan fingerprint density at radius 1 is 1.26 bits per heavy atom. The van der Waals surface area contributed by atoms with Gasteiger partial charge in [-0.15, -0.1) is 0 Å². The number of Topliss-reactive ketones (excluding diaryl/α,β-unsaturated/α-hetero) is 1. The minimum atomic E-state index is -0.268. The molecular formula is C28H36N4O3. The zero-order chi connectivity index (χ0) is 25.9. The van der Waals surface area contributed by atoms with E-state index in [1.165, 1.54) is 6.92 Å². The molecule has 1 aliphatic rings. The molecule has 3 rings (SSSR count). The second-order valence-electron chi connectivity index (χ2n) is 9.94. The van der Waals surface area contributed by atoms with Crippen LogP contribution in [0, 0.1) is 5.41 Å². The van der Waals surface area contributed by atoms with Gasteiger partial charge in [0.15, 0.2) is 11.2 Å². The highest BCUT2D eigenvalue weighted by molar-refractivity contribution is 6.14. The lowest BCUT2D eigenvalue weighted by Gasteiger charge is -2.39. The Morgan fingerprint density at radius 3 is 2.54 bits per heavy atom. The van der Waals surface area contributed by atoms with Crippen molar-refractivity contribution in [2.45, 2.75) is 60.4 Å². The fourth-order valence-corrected chi connectivity index (χ4v) is 4.45. The predicted molar refractivity (Wildman–Crippen MR) is 144 cm³/mol. The van der Waals surface area contributed by atoms with E-state index in [1.807, 2.05) is 26.0 Å². The Labute approximate surface area is 207 Å². The summed E-state index contributed by atoms with van der Waals surface area (Å²) in [6, 6.07) is 5.72. The molecule has 186 valence electrons. The van der Waals surface area contributed by atoms with Crippen molar-refractivity contribution in [2.24, 2.45) is 21.1 Å². The lowest BCUT2D eigenvalue weighted by atomic mass is 9.78. The van der Waals surface area contributed by atoms with Gasteiger partial charge < -0.3 is 15.0 Å². The number of methoxy groups -OCH3 is 1. The molecule has 7 heteroatoms. The minimum Gasteiger partial charge on any atom is -0.496 e. The van der Waals surface area contributed by atoms with Gasteiger partial charge in [0.2, 0.25) is 5.96 Å². The third-order valence-electron chi connectivity index (χ3n) is 6.36. The van der Waals surface area contributed by atoms with E-state index >= 15 is 0 Å². The maximum Gasteiger partial charge on any atom is 0.215 e. The van der Waals surface area contributed by atoms with Gasteiger partial charge >= 0.3 is 0 Å². The molecule has 2 aromatic rings. The quantitative estimate of drug-likeness (QED) is 0.357. The van der Waals surface area contributed by atoms with Gasteiger partial charge in [-0.1, -0.05) is 33.8 Å². The lowest BCUT2D eigenvalue weighted by molar-refractivity contribution is 0.101. The molecule has 0 spiro atoms. The summed E-state index contributed by atoms with van der Waals surface area (Å²) in [6.07, 6.45) is 7.04. The minimum absolute atomic E-state index is 0.0597. The van der Waals surface area contributed by atoms with E-state index in [9.17, 15) is 9.59 Å². The number of nitrogens with two attached hydrogens (primary N) is 1. The molecule has 2 heterocycles. The first kappa shape index (κ1) is 26.1. The molecule has 1 atom stereocenters. The number of fused-ring (bicyclic) bond motifs is 3. The monoisotopic (exact) mass is 476 g/mol. The SMILES string of the molecule is C/C=C(\C=NC(N)=NCCC)c1cc2c(cc1OC)-c1cc(=O)c(C(C)=O)cn1C(C(C)(C)C)C2. The Balaban J connectivity index is 2.21. The first-order valence-electron chi connectivity index (χ1n) is 12.0. The van der Waals surface area contributed by atoms with Crippen LogP contribution in [0.3, 0.4) is 0 Å². The number of benzene rings is 1. The highest BCUT2D eigenvalue weighted by Gasteiger charge is 2.34. The molecule has 0 fully saturated rings. The number of nitrogens with zero attached hydrogens (tertiary/aromatic N) is 3. The first-order chi connectivity index (χ1) is 16.5. The molecular weight excluding hydrogens is 440 g/mol. The number of carbonyl (C=O) groups is 1. The summed E-state index contributed by atoms with van der Waals surface area (Å²) in [5, 5.41) is 0. The Kier molecular flexibility index (Phi) is 7.78. The zero-order valence-corrected chi connectivity index (χ0v) is 21.8. The van der Waals surface area contributed by atoms with Crippen LogP contribution in [0.5, 0.6) is 5.75 Å². The summed E-state index contributed by atoms with van der Waals surface area (Å²) in [7, 11) is 1.62. The van der Waals surface area contributed by atoms with E-state index in [1.54, 1.807) is 25.6 Å². The number of rotatable bonds is 6. The highest BCUT2D eigenvalue weighted by atomic mass is 16.5. The molecule has 1 aromatic carbocycles. The van der Waals surface area contributed by atoms with Gasteiger partial charge in [-0.25, -0.2) is 4.99 Å². The van der Waals surface area contributed by atoms with Crippen LogP contribution >= 0.6 is 0 Å². The van der Waals surface area contributed by atoms with Crippen LogP contribution in [0.2, 0.25) is 0 Å². The van der Waals surface area contributed by atoms with Gasteiger partial charge in [0.25, 0.3) is 0 Å². The van der Waals surface area contributed by atoms with Crippen molar-refractivity contribution in [3.63, 3.8) is 0 Å². The number of hydrogen-bond acceptors (Lipinski definition) is 4. The van der Waals surface area contributed by atoms with Crippen molar-refractivity contribution < 1.29 is 9.53 Å². The number of allylic oxidation sites excluding steroid dienone is 2. The largest absolute Gasteiger partial charge is 0.496 e. The van der Waals surface area contributed by atoms with Crippen molar-refractivity contribution in [3.05, 3.63) is 57.4 Å². The summed E-state index contributed by atoms with van der Waals surface area (Å²) in [4.78, 5) is 33.4. The standard InChI is InChI=1S/C28H36N4O3/c1-8-10-30-27(29)31-15-18(9-2)21-11-19-12-26(28(4,5)6)32-16-22(17(3)33)24(34)14-23(32)20(19)13-25(21)35-7/h9,11,13-16,26H,8,10,12H2,1-7H3,(H2,29,30)/b18-9+,31-15?. The normalized spacial score (nSPS) is 16.3. The fraction of sp³-hybridized carbons (Fsp3) is 0.429. The summed E-state index contributed by atoms with van der Waals surface area (Å²) >= 11 is 0. The molecule has 0 radical (unpaired) electrons. The molecule has 1 aromatic heterocycles. The average Bonchev–Trinajstić information content (AvgIpc) is 2.80. The van der Waals surface area contributed by atoms with Crippen molar-refractivity contribution in [1.29, 1.82) is 0 Å². The van der Waals surface area contributed by atoms with Crippen molar-refractivity contribution in [1.82, 2.24) is 4.57 Å². The third kappa shape index (κ3) is 5.45. The molecule has 0 aliphatic carbocycles. The molecule has 1 aliphatic heterocycles. The van der Waals surface area contributed by atoms with Crippen LogP contribution in [-0.2, 0) is 6.42 Å². The van der Waals surface area contributed by atoms with Crippen LogP contribution < -0.4 is 15.9 Å². The van der Waals surface area contributed by atoms with Crippen LogP contribution in [-0.4, -0.2) is 36.2 Å². The molecule has 1 unspecified atom stereocenters. The fourth-order valence-electron chi connectivity index (χ4n) is 4.45. The summed E-state index contributed by atoms with van der Waals surface area (Å²) in [6.45, 7) is 12.6. The third-order valence-corrected chi connectivity index (χ3v) is 6.36. The van der Waals surface area contributed by atoms with Gasteiger partial charge in [-0.2, -0.15) is 0 Å². The summed E-state index contributed by atoms with van der Waals surface area (Å²) in [5.41, 5.74) is 10.3. The van der Waals surface area contributed by atoms with E-state index in [-0.39, 0.29) is 34.2 Å². The van der Waals surface area contributed by atoms with Crippen molar-refractivity contribution in [2.75, 3.05) is 13.7 Å². The second kappa shape index (κ2) is 10.4. The lowest BCUT2D eigenvalue weighted by Crippen LogP contribution is -2.32. The highest BCUT2D eigenvalue weighted by Crippen LogP contribution is 2.45. The molecule has 0 bridgehead atoms. The van der Waals surface area contributed by atoms with Crippen LogP contribution in [0.4, 0.5) is 0 Å². The Hall–Kier alpha value is -3.48. The Bertz CT molecular complexity index is 1280. The molecule has 35 heavy (non-hydrogen) atoms. The van der Waals surface area contributed by atoms with Gasteiger partial charge in [-0.05, 0) is 55.4 Å². The first-order valence-corrected chi connectivity index (χ1v) is 12.0. The zero-order valence-electron chi connectivity index (χ0n) is 21.8. The van der Waals surface area contributed by atoms with Gasteiger partial charge in [0, 0.05) is 42.2 Å². The van der Waals surface area contributed by atoms with E-state index in [4.69, 9.17) is 10.5 Å². The average molecular weight is 477 g/mol. The van der Waals surface area contributed by atoms with Crippen molar-refractivity contribution in [3.8, 4) is 17.0 Å². The number of hydrogen-bond donors (Lipinski definition) is 1. The summed E-state index contributed by atoms with van der Waals surface area (Å²) in [5.74, 6) is 0.678. The smallest absolute Gasteiger partial charge is 0.215 e. The topological polar surface area (TPSA) is 99.0 Å². The maximum atomic E-state index is 12.8. The number of aromatic nitrogens is 1. The molecule has 0 amide bonds. The van der Waals surface area contributed by atoms with E-state index in [0.717, 1.165) is 40.8 Å². The van der Waals surface area contributed by atoms with Crippen molar-refractivity contribution >= 4 is 23.5 Å². The number of carbonyl (C=O) groups excluding carboxylic acids is 1. The van der Waals surface area contributed by atoms with E-state index in [0.29, 0.717) is 12.3 Å². The number of aliphatic imine (C=N–C) groups is 2. The Morgan fingerprint density at radius 2 is 1.97 bits per heavy atom. The number of pyridine rings is 1. The number of ketones is 1.